The van der Waals surface area contributed by atoms with Gasteiger partial charge in [-0.2, -0.15) is 5.26 Å². The molecule has 0 saturated heterocycles. The first-order valence-corrected chi connectivity index (χ1v) is 6.31. The Morgan fingerprint density at radius 2 is 2.18 bits per heavy atom. The van der Waals surface area contributed by atoms with E-state index in [9.17, 15) is 0 Å². The van der Waals surface area contributed by atoms with Crippen molar-refractivity contribution in [2.24, 2.45) is 0 Å². The lowest BCUT2D eigenvalue weighted by atomic mass is 9.91. The van der Waals surface area contributed by atoms with E-state index < -0.39 is 0 Å². The predicted octanol–water partition coefficient (Wildman–Crippen LogP) is 4.33. The zero-order valence-electron chi connectivity index (χ0n) is 10.5. The highest BCUT2D eigenvalue weighted by Crippen LogP contribution is 2.31. The maximum atomic E-state index is 8.96. The topological polar surface area (TPSA) is 39.6 Å². The summed E-state index contributed by atoms with van der Waals surface area (Å²) in [7, 11) is 0. The number of nitrogens with zero attached hydrogens (tertiary/aromatic N) is 1. The minimum Gasteiger partial charge on any atom is -0.361 e. The largest absolute Gasteiger partial charge is 0.361 e. The van der Waals surface area contributed by atoms with Crippen LogP contribution in [0.4, 0.5) is 0 Å². The number of aromatic nitrogens is 1. The van der Waals surface area contributed by atoms with Crippen LogP contribution in [0.2, 0.25) is 0 Å². The van der Waals surface area contributed by atoms with Crippen LogP contribution in [-0.4, -0.2) is 4.98 Å². The van der Waals surface area contributed by atoms with E-state index in [4.69, 9.17) is 5.26 Å². The summed E-state index contributed by atoms with van der Waals surface area (Å²) >= 11 is 0. The summed E-state index contributed by atoms with van der Waals surface area (Å²) in [6, 6.07) is 8.07. The first-order valence-electron chi connectivity index (χ1n) is 6.31. The summed E-state index contributed by atoms with van der Waals surface area (Å²) in [5.74, 6) is 0.600. The molecule has 1 N–H and O–H groups in total. The van der Waals surface area contributed by atoms with E-state index in [1.54, 1.807) is 0 Å². The Morgan fingerprint density at radius 1 is 1.35 bits per heavy atom. The van der Waals surface area contributed by atoms with Crippen LogP contribution in [0.1, 0.15) is 50.2 Å². The zero-order chi connectivity index (χ0) is 12.3. The number of H-pyrrole nitrogens is 1. The second-order valence-electron chi connectivity index (χ2n) is 4.51. The van der Waals surface area contributed by atoms with E-state index >= 15 is 0 Å². The zero-order valence-corrected chi connectivity index (χ0v) is 10.5. The Labute approximate surface area is 102 Å². The minimum atomic E-state index is 0.600. The molecule has 0 bridgehead atoms. The van der Waals surface area contributed by atoms with Crippen molar-refractivity contribution in [3.63, 3.8) is 0 Å². The quantitative estimate of drug-likeness (QED) is 0.827. The minimum absolute atomic E-state index is 0.600. The molecule has 0 aliphatic rings. The van der Waals surface area contributed by atoms with Crippen molar-refractivity contribution >= 4 is 10.9 Å². The molecular weight excluding hydrogens is 208 g/mol. The van der Waals surface area contributed by atoms with Crippen molar-refractivity contribution in [1.29, 1.82) is 5.26 Å². The molecule has 2 heteroatoms. The molecule has 0 aliphatic carbocycles. The lowest BCUT2D eigenvalue weighted by molar-refractivity contribution is 0.599. The number of nitriles is 1. The first kappa shape index (κ1) is 11.7. The molecule has 1 heterocycles. The second kappa shape index (κ2) is 5.05. The molecule has 1 unspecified atom stereocenters. The summed E-state index contributed by atoms with van der Waals surface area (Å²) < 4.78 is 0. The van der Waals surface area contributed by atoms with Gasteiger partial charge in [0.25, 0.3) is 0 Å². The van der Waals surface area contributed by atoms with E-state index in [0.29, 0.717) is 5.92 Å². The van der Waals surface area contributed by atoms with E-state index in [1.807, 2.05) is 18.2 Å². The van der Waals surface area contributed by atoms with Crippen LogP contribution in [0.15, 0.2) is 24.4 Å². The van der Waals surface area contributed by atoms with E-state index in [2.05, 4.69) is 31.1 Å². The first-order chi connectivity index (χ1) is 8.30. The summed E-state index contributed by atoms with van der Waals surface area (Å²) in [5, 5.41) is 10.2. The van der Waals surface area contributed by atoms with Gasteiger partial charge in [-0.15, -0.1) is 0 Å². The van der Waals surface area contributed by atoms with Crippen molar-refractivity contribution in [2.75, 3.05) is 0 Å². The van der Waals surface area contributed by atoms with Crippen molar-refractivity contribution in [2.45, 2.75) is 39.0 Å². The molecule has 0 radical (unpaired) electrons. The van der Waals surface area contributed by atoms with Crippen molar-refractivity contribution < 1.29 is 0 Å². The monoisotopic (exact) mass is 226 g/mol. The van der Waals surface area contributed by atoms with Crippen LogP contribution in [0.3, 0.4) is 0 Å². The van der Waals surface area contributed by atoms with Gasteiger partial charge in [-0.3, -0.25) is 0 Å². The number of benzene rings is 1. The fourth-order valence-corrected chi connectivity index (χ4v) is 2.48. The summed E-state index contributed by atoms with van der Waals surface area (Å²) in [6.07, 6.45) is 5.66. The highest BCUT2D eigenvalue weighted by atomic mass is 14.7. The summed E-state index contributed by atoms with van der Waals surface area (Å²) in [4.78, 5) is 3.30. The molecule has 17 heavy (non-hydrogen) atoms. The predicted molar refractivity (Wildman–Crippen MR) is 71.0 cm³/mol. The lowest BCUT2D eigenvalue weighted by Crippen LogP contribution is -1.95. The van der Waals surface area contributed by atoms with Gasteiger partial charge in [-0.25, -0.2) is 0 Å². The Morgan fingerprint density at radius 3 is 2.82 bits per heavy atom. The van der Waals surface area contributed by atoms with E-state index in [1.165, 1.54) is 23.8 Å². The average Bonchev–Trinajstić information content (AvgIpc) is 2.78. The van der Waals surface area contributed by atoms with Gasteiger partial charge in [0.15, 0.2) is 0 Å². The van der Waals surface area contributed by atoms with Crippen LogP contribution in [-0.2, 0) is 0 Å². The molecule has 0 fully saturated rings. The lowest BCUT2D eigenvalue weighted by Gasteiger charge is -2.12. The highest BCUT2D eigenvalue weighted by Gasteiger charge is 2.13. The molecule has 0 saturated carbocycles. The third-order valence-electron chi connectivity index (χ3n) is 3.41. The maximum Gasteiger partial charge on any atom is 0.0991 e. The van der Waals surface area contributed by atoms with Gasteiger partial charge < -0.3 is 4.98 Å². The summed E-state index contributed by atoms with van der Waals surface area (Å²) in [6.45, 7) is 4.45. The molecule has 88 valence electrons. The van der Waals surface area contributed by atoms with Gasteiger partial charge in [0.1, 0.15) is 0 Å². The molecule has 2 nitrogen and oxygen atoms in total. The third-order valence-corrected chi connectivity index (χ3v) is 3.41. The molecule has 0 spiro atoms. The SMILES string of the molecule is CCCC(CC)c1c[nH]c2ccc(C#N)cc12. The number of hydrogen-bond acceptors (Lipinski definition) is 1. The van der Waals surface area contributed by atoms with Gasteiger partial charge in [0.05, 0.1) is 11.6 Å². The van der Waals surface area contributed by atoms with Crippen LogP contribution < -0.4 is 0 Å². The fraction of sp³-hybridized carbons (Fsp3) is 0.400. The van der Waals surface area contributed by atoms with Crippen LogP contribution in [0.5, 0.6) is 0 Å². The van der Waals surface area contributed by atoms with Gasteiger partial charge in [-0.05, 0) is 42.5 Å². The Bertz CT molecular complexity index is 546. The van der Waals surface area contributed by atoms with E-state index in [-0.39, 0.29) is 0 Å². The number of hydrogen-bond donors (Lipinski definition) is 1. The molecular formula is C15H18N2. The van der Waals surface area contributed by atoms with Crippen molar-refractivity contribution in [3.05, 3.63) is 35.5 Å². The fourth-order valence-electron chi connectivity index (χ4n) is 2.48. The number of nitrogens with one attached hydrogen (secondary N) is 1. The summed E-state index contributed by atoms with van der Waals surface area (Å²) in [5.41, 5.74) is 3.24. The van der Waals surface area contributed by atoms with Crippen LogP contribution >= 0.6 is 0 Å². The maximum absolute atomic E-state index is 8.96. The van der Waals surface area contributed by atoms with Crippen LogP contribution in [0.25, 0.3) is 10.9 Å². The van der Waals surface area contributed by atoms with Crippen molar-refractivity contribution in [1.82, 2.24) is 4.98 Å². The number of fused-ring (bicyclic) bond motifs is 1. The average molecular weight is 226 g/mol. The third kappa shape index (κ3) is 2.19. The van der Waals surface area contributed by atoms with E-state index in [0.717, 1.165) is 17.5 Å². The van der Waals surface area contributed by atoms with Gasteiger partial charge in [0.2, 0.25) is 0 Å². The van der Waals surface area contributed by atoms with Crippen molar-refractivity contribution in [3.8, 4) is 6.07 Å². The molecule has 2 rings (SSSR count). The van der Waals surface area contributed by atoms with Gasteiger partial charge >= 0.3 is 0 Å². The molecule has 0 amide bonds. The number of aromatic amines is 1. The van der Waals surface area contributed by atoms with Gasteiger partial charge in [-0.1, -0.05) is 20.3 Å². The molecule has 1 aromatic heterocycles. The molecule has 2 aromatic rings. The number of rotatable bonds is 4. The Kier molecular flexibility index (Phi) is 3.49. The Hall–Kier alpha value is -1.75. The molecule has 0 aliphatic heterocycles. The van der Waals surface area contributed by atoms with Crippen LogP contribution in [0, 0.1) is 11.3 Å². The molecule has 1 atom stereocenters. The Balaban J connectivity index is 2.50. The normalized spacial score (nSPS) is 12.5. The highest BCUT2D eigenvalue weighted by molar-refractivity contribution is 5.85. The second-order valence-corrected chi connectivity index (χ2v) is 4.51. The smallest absolute Gasteiger partial charge is 0.0991 e. The standard InChI is InChI=1S/C15H18N2/c1-3-5-12(4-2)14-10-17-15-7-6-11(9-16)8-13(14)15/h6-8,10,12,17H,3-5H2,1-2H3. The van der Waals surface area contributed by atoms with Gasteiger partial charge in [0, 0.05) is 17.1 Å². The molecule has 1 aromatic carbocycles.